The minimum atomic E-state index is -0.235. The van der Waals surface area contributed by atoms with Crippen LogP contribution < -0.4 is 5.32 Å². The minimum Gasteiger partial charge on any atom is -0.469 e. The quantitative estimate of drug-likeness (QED) is 0.795. The van der Waals surface area contributed by atoms with Gasteiger partial charge in [-0.3, -0.25) is 14.7 Å². The SMILES string of the molecule is COC(=O)C[C@@H](C)c1ccc(NC(=O)c2cn[nH]c2C(C)C)cc1. The number of aromatic amines is 1. The van der Waals surface area contributed by atoms with Crippen molar-refractivity contribution in [3.63, 3.8) is 0 Å². The summed E-state index contributed by atoms with van der Waals surface area (Å²) in [5.74, 6) is -0.178. The summed E-state index contributed by atoms with van der Waals surface area (Å²) in [6.45, 7) is 5.97. The summed E-state index contributed by atoms with van der Waals surface area (Å²) < 4.78 is 4.69. The van der Waals surface area contributed by atoms with E-state index in [4.69, 9.17) is 0 Å². The van der Waals surface area contributed by atoms with E-state index in [-0.39, 0.29) is 23.7 Å². The summed E-state index contributed by atoms with van der Waals surface area (Å²) in [4.78, 5) is 23.7. The average molecular weight is 329 g/mol. The normalized spacial score (nSPS) is 12.0. The molecule has 2 rings (SSSR count). The monoisotopic (exact) mass is 329 g/mol. The predicted octanol–water partition coefficient (Wildman–Crippen LogP) is 3.45. The van der Waals surface area contributed by atoms with E-state index in [1.54, 1.807) is 0 Å². The number of carbonyl (C=O) groups is 2. The number of carbonyl (C=O) groups excluding carboxylic acids is 2. The van der Waals surface area contributed by atoms with Gasteiger partial charge in [-0.05, 0) is 29.5 Å². The lowest BCUT2D eigenvalue weighted by molar-refractivity contribution is -0.140. The molecule has 24 heavy (non-hydrogen) atoms. The van der Waals surface area contributed by atoms with E-state index in [1.165, 1.54) is 13.3 Å². The third-order valence-corrected chi connectivity index (χ3v) is 3.93. The molecule has 128 valence electrons. The highest BCUT2D eigenvalue weighted by molar-refractivity contribution is 6.05. The van der Waals surface area contributed by atoms with Crippen LogP contribution in [0.1, 0.15) is 60.6 Å². The highest BCUT2D eigenvalue weighted by Crippen LogP contribution is 2.22. The van der Waals surface area contributed by atoms with E-state index in [2.05, 4.69) is 20.3 Å². The van der Waals surface area contributed by atoms with Gasteiger partial charge in [-0.2, -0.15) is 5.10 Å². The molecule has 6 heteroatoms. The van der Waals surface area contributed by atoms with Gasteiger partial charge < -0.3 is 10.1 Å². The van der Waals surface area contributed by atoms with Gasteiger partial charge in [0, 0.05) is 5.69 Å². The number of nitrogens with one attached hydrogen (secondary N) is 2. The first kappa shape index (κ1) is 17.7. The topological polar surface area (TPSA) is 84.1 Å². The number of hydrogen-bond acceptors (Lipinski definition) is 4. The number of amides is 1. The third kappa shape index (κ3) is 4.22. The second-order valence-electron chi connectivity index (χ2n) is 6.11. The molecule has 6 nitrogen and oxygen atoms in total. The summed E-state index contributed by atoms with van der Waals surface area (Å²) in [6.07, 6.45) is 1.87. The number of rotatable bonds is 6. The van der Waals surface area contributed by atoms with Crippen LogP contribution >= 0.6 is 0 Å². The van der Waals surface area contributed by atoms with Crippen molar-refractivity contribution in [2.45, 2.75) is 39.0 Å². The number of aromatic nitrogens is 2. The molecule has 1 aromatic heterocycles. The lowest BCUT2D eigenvalue weighted by atomic mass is 9.97. The molecule has 1 atom stereocenters. The summed E-state index contributed by atoms with van der Waals surface area (Å²) in [7, 11) is 1.38. The van der Waals surface area contributed by atoms with Gasteiger partial charge in [0.1, 0.15) is 0 Å². The molecule has 1 aromatic carbocycles. The summed E-state index contributed by atoms with van der Waals surface area (Å²) >= 11 is 0. The van der Waals surface area contributed by atoms with Crippen LogP contribution in [0.25, 0.3) is 0 Å². The molecule has 0 bridgehead atoms. The molecular weight excluding hydrogens is 306 g/mol. The largest absolute Gasteiger partial charge is 0.469 e. The van der Waals surface area contributed by atoms with Crippen LogP contribution in [0.5, 0.6) is 0 Å². The fraction of sp³-hybridized carbons (Fsp3) is 0.389. The molecule has 0 saturated carbocycles. The Kier molecular flexibility index (Phi) is 5.73. The molecule has 1 heterocycles. The number of esters is 1. The van der Waals surface area contributed by atoms with E-state index in [0.717, 1.165) is 11.3 Å². The van der Waals surface area contributed by atoms with Gasteiger partial charge in [0.2, 0.25) is 0 Å². The molecule has 0 saturated heterocycles. The Hall–Kier alpha value is -2.63. The smallest absolute Gasteiger partial charge is 0.306 e. The van der Waals surface area contributed by atoms with Crippen molar-refractivity contribution in [2.24, 2.45) is 0 Å². The van der Waals surface area contributed by atoms with Crippen molar-refractivity contribution in [2.75, 3.05) is 12.4 Å². The first-order valence-electron chi connectivity index (χ1n) is 7.93. The van der Waals surface area contributed by atoms with E-state index in [9.17, 15) is 9.59 Å². The van der Waals surface area contributed by atoms with Gasteiger partial charge in [0.05, 0.1) is 31.0 Å². The van der Waals surface area contributed by atoms with Crippen LogP contribution in [-0.2, 0) is 9.53 Å². The summed E-state index contributed by atoms with van der Waals surface area (Å²) in [5.41, 5.74) is 3.08. The minimum absolute atomic E-state index is 0.0589. The van der Waals surface area contributed by atoms with Gasteiger partial charge in [-0.1, -0.05) is 32.9 Å². The van der Waals surface area contributed by atoms with Crippen molar-refractivity contribution in [1.82, 2.24) is 10.2 Å². The number of ether oxygens (including phenoxy) is 1. The highest BCUT2D eigenvalue weighted by atomic mass is 16.5. The molecule has 0 unspecified atom stereocenters. The molecule has 0 aliphatic rings. The van der Waals surface area contributed by atoms with Gasteiger partial charge in [-0.25, -0.2) is 0 Å². The van der Waals surface area contributed by atoms with E-state index in [0.29, 0.717) is 17.7 Å². The van der Waals surface area contributed by atoms with Crippen LogP contribution in [0.4, 0.5) is 5.69 Å². The van der Waals surface area contributed by atoms with Gasteiger partial charge in [0.25, 0.3) is 5.91 Å². The molecule has 1 amide bonds. The molecule has 2 N–H and O–H groups in total. The Morgan fingerprint density at radius 2 is 1.88 bits per heavy atom. The zero-order chi connectivity index (χ0) is 17.7. The standard InChI is InChI=1S/C18H23N3O3/c1-11(2)17-15(10-19-21-17)18(23)20-14-7-5-13(6-8-14)12(3)9-16(22)24-4/h5-8,10-12H,9H2,1-4H3,(H,19,21)(H,20,23)/t12-/m1/s1. The Morgan fingerprint density at radius 3 is 2.46 bits per heavy atom. The van der Waals surface area contributed by atoms with E-state index in [1.807, 2.05) is 45.0 Å². The first-order valence-corrected chi connectivity index (χ1v) is 7.93. The Labute approximate surface area is 141 Å². The average Bonchev–Trinajstić information content (AvgIpc) is 3.05. The fourth-order valence-corrected chi connectivity index (χ4v) is 2.46. The lowest BCUT2D eigenvalue weighted by Gasteiger charge is -2.12. The molecule has 0 aliphatic carbocycles. The second-order valence-corrected chi connectivity index (χ2v) is 6.11. The van der Waals surface area contributed by atoms with Crippen molar-refractivity contribution in [1.29, 1.82) is 0 Å². The number of nitrogens with zero attached hydrogens (tertiary/aromatic N) is 1. The highest BCUT2D eigenvalue weighted by Gasteiger charge is 2.16. The zero-order valence-electron chi connectivity index (χ0n) is 14.4. The van der Waals surface area contributed by atoms with Crippen molar-refractivity contribution in [3.05, 3.63) is 47.3 Å². The van der Waals surface area contributed by atoms with Gasteiger partial charge >= 0.3 is 5.97 Å². The number of benzene rings is 1. The van der Waals surface area contributed by atoms with Crippen molar-refractivity contribution in [3.8, 4) is 0 Å². The third-order valence-electron chi connectivity index (χ3n) is 3.93. The summed E-state index contributed by atoms with van der Waals surface area (Å²) in [6, 6.07) is 7.47. The maximum atomic E-state index is 12.4. The number of hydrogen-bond donors (Lipinski definition) is 2. The maximum absolute atomic E-state index is 12.4. The molecule has 0 aliphatic heterocycles. The molecule has 0 spiro atoms. The molecule has 0 fully saturated rings. The first-order chi connectivity index (χ1) is 11.4. The van der Waals surface area contributed by atoms with Crippen LogP contribution in [-0.4, -0.2) is 29.2 Å². The predicted molar refractivity (Wildman–Crippen MR) is 92.1 cm³/mol. The van der Waals surface area contributed by atoms with Gasteiger partial charge in [-0.15, -0.1) is 0 Å². The van der Waals surface area contributed by atoms with E-state index >= 15 is 0 Å². The Morgan fingerprint density at radius 1 is 1.21 bits per heavy atom. The van der Waals surface area contributed by atoms with Crippen LogP contribution in [0.3, 0.4) is 0 Å². The number of anilines is 1. The molecule has 2 aromatic rings. The molecule has 0 radical (unpaired) electrons. The van der Waals surface area contributed by atoms with Crippen LogP contribution in [0.15, 0.2) is 30.5 Å². The number of methoxy groups -OCH3 is 1. The van der Waals surface area contributed by atoms with Crippen molar-refractivity contribution < 1.29 is 14.3 Å². The van der Waals surface area contributed by atoms with Crippen LogP contribution in [0, 0.1) is 0 Å². The van der Waals surface area contributed by atoms with Gasteiger partial charge in [0.15, 0.2) is 0 Å². The zero-order valence-corrected chi connectivity index (χ0v) is 14.4. The summed E-state index contributed by atoms with van der Waals surface area (Å²) in [5, 5.41) is 9.68. The van der Waals surface area contributed by atoms with Crippen molar-refractivity contribution >= 4 is 17.6 Å². The lowest BCUT2D eigenvalue weighted by Crippen LogP contribution is -2.14. The van der Waals surface area contributed by atoms with E-state index < -0.39 is 0 Å². The Bertz CT molecular complexity index is 705. The van der Waals surface area contributed by atoms with Crippen LogP contribution in [0.2, 0.25) is 0 Å². The maximum Gasteiger partial charge on any atom is 0.306 e. The number of H-pyrrole nitrogens is 1. The Balaban J connectivity index is 2.04. The fourth-order valence-electron chi connectivity index (χ4n) is 2.46. The molecular formula is C18H23N3O3. The second kappa shape index (κ2) is 7.77.